The van der Waals surface area contributed by atoms with Crippen molar-refractivity contribution in [1.29, 1.82) is 5.26 Å². The zero-order valence-corrected chi connectivity index (χ0v) is 8.18. The normalized spacial score (nSPS) is 10.2. The Morgan fingerprint density at radius 2 is 2.00 bits per heavy atom. The molecule has 1 aromatic heterocycles. The summed E-state index contributed by atoms with van der Waals surface area (Å²) in [5, 5.41) is 8.99. The monoisotopic (exact) mass is 212 g/mol. The lowest BCUT2D eigenvalue weighted by atomic mass is 10.2. The first-order valence-electron chi connectivity index (χ1n) is 3.59. The topological polar surface area (TPSA) is 36.7 Å². The number of hydrogen-bond acceptors (Lipinski definition) is 2. The van der Waals surface area contributed by atoms with E-state index in [0.29, 0.717) is 16.7 Å². The molecule has 0 N–H and O–H groups in total. The van der Waals surface area contributed by atoms with Crippen molar-refractivity contribution in [3.05, 3.63) is 34.1 Å². The lowest BCUT2D eigenvalue weighted by Crippen LogP contribution is -1.79. The summed E-state index contributed by atoms with van der Waals surface area (Å²) in [6.07, 6.45) is 3.89. The number of pyridine rings is 1. The van der Waals surface area contributed by atoms with Gasteiger partial charge in [0.2, 0.25) is 0 Å². The molecular weight excluding hydrogens is 207 g/mol. The molecule has 0 amide bonds. The predicted molar refractivity (Wildman–Crippen MR) is 53.5 cm³/mol. The Labute approximate surface area is 86.4 Å². The van der Waals surface area contributed by atoms with Crippen molar-refractivity contribution in [2.45, 2.75) is 6.42 Å². The van der Waals surface area contributed by atoms with Crippen LogP contribution in [0.1, 0.15) is 12.0 Å². The highest BCUT2D eigenvalue weighted by molar-refractivity contribution is 6.32. The van der Waals surface area contributed by atoms with Gasteiger partial charge in [-0.2, -0.15) is 5.26 Å². The molecule has 0 aromatic carbocycles. The molecule has 0 saturated carbocycles. The van der Waals surface area contributed by atoms with Gasteiger partial charge in [-0.25, -0.2) is 4.98 Å². The highest BCUT2D eigenvalue weighted by Gasteiger charge is 1.95. The Kier molecular flexibility index (Phi) is 3.75. The van der Waals surface area contributed by atoms with Gasteiger partial charge >= 0.3 is 0 Å². The number of nitrogens with zero attached hydrogens (tertiary/aromatic N) is 2. The minimum atomic E-state index is 0.351. The zero-order chi connectivity index (χ0) is 9.68. The maximum atomic E-state index is 8.29. The summed E-state index contributed by atoms with van der Waals surface area (Å²) in [4.78, 5) is 3.79. The summed E-state index contributed by atoms with van der Waals surface area (Å²) in [6, 6.07) is 5.36. The third-order valence-corrected chi connectivity index (χ3v) is 1.69. The summed E-state index contributed by atoms with van der Waals surface area (Å²) < 4.78 is 0. The molecule has 0 fully saturated rings. The first kappa shape index (κ1) is 10.0. The van der Waals surface area contributed by atoms with Crippen LogP contribution in [0.25, 0.3) is 6.08 Å². The maximum Gasteiger partial charge on any atom is 0.131 e. The number of rotatable bonds is 2. The zero-order valence-electron chi connectivity index (χ0n) is 6.67. The fraction of sp³-hybridized carbons (Fsp3) is 0.111. The molecule has 1 heterocycles. The van der Waals surface area contributed by atoms with Crippen LogP contribution in [-0.2, 0) is 0 Å². The molecule has 2 nitrogen and oxygen atoms in total. The Morgan fingerprint density at radius 3 is 2.54 bits per heavy atom. The van der Waals surface area contributed by atoms with Crippen LogP contribution in [0.5, 0.6) is 0 Å². The Morgan fingerprint density at radius 1 is 1.38 bits per heavy atom. The molecule has 1 aromatic rings. The van der Waals surface area contributed by atoms with Crippen LogP contribution < -0.4 is 0 Å². The molecule has 4 heteroatoms. The summed E-state index contributed by atoms with van der Waals surface area (Å²) >= 11 is 11.3. The largest absolute Gasteiger partial charge is 0.224 e. The SMILES string of the molecule is N#CCC=Cc1cc(Cl)nc(Cl)c1. The molecule has 0 aliphatic carbocycles. The van der Waals surface area contributed by atoms with Gasteiger partial charge in [-0.1, -0.05) is 35.4 Å². The van der Waals surface area contributed by atoms with Gasteiger partial charge in [-0.05, 0) is 17.7 Å². The van der Waals surface area contributed by atoms with Crippen molar-refractivity contribution >= 4 is 29.3 Å². The van der Waals surface area contributed by atoms with Gasteiger partial charge in [-0.3, -0.25) is 0 Å². The van der Waals surface area contributed by atoms with E-state index in [-0.39, 0.29) is 0 Å². The molecule has 0 saturated heterocycles. The van der Waals surface area contributed by atoms with E-state index in [2.05, 4.69) is 4.98 Å². The molecule has 0 aliphatic heterocycles. The second kappa shape index (κ2) is 4.86. The third-order valence-electron chi connectivity index (χ3n) is 1.30. The lowest BCUT2D eigenvalue weighted by molar-refractivity contribution is 1.32. The van der Waals surface area contributed by atoms with Crippen molar-refractivity contribution in [3.8, 4) is 6.07 Å². The first-order valence-corrected chi connectivity index (χ1v) is 4.34. The quantitative estimate of drug-likeness (QED) is 0.706. The number of nitriles is 1. The van der Waals surface area contributed by atoms with Gasteiger partial charge in [0, 0.05) is 0 Å². The van der Waals surface area contributed by atoms with Crippen LogP contribution in [0, 0.1) is 11.3 Å². The van der Waals surface area contributed by atoms with Gasteiger partial charge in [-0.15, -0.1) is 0 Å². The van der Waals surface area contributed by atoms with E-state index in [1.54, 1.807) is 24.3 Å². The van der Waals surface area contributed by atoms with E-state index in [0.717, 1.165) is 5.56 Å². The van der Waals surface area contributed by atoms with Crippen molar-refractivity contribution < 1.29 is 0 Å². The van der Waals surface area contributed by atoms with Gasteiger partial charge < -0.3 is 0 Å². The van der Waals surface area contributed by atoms with E-state index >= 15 is 0 Å². The fourth-order valence-corrected chi connectivity index (χ4v) is 1.30. The second-order valence-corrected chi connectivity index (χ2v) is 3.09. The van der Waals surface area contributed by atoms with Gasteiger partial charge in [0.1, 0.15) is 10.3 Å². The van der Waals surface area contributed by atoms with Crippen molar-refractivity contribution in [2.75, 3.05) is 0 Å². The maximum absolute atomic E-state index is 8.29. The Hall–Kier alpha value is -1.04. The van der Waals surface area contributed by atoms with Crippen LogP contribution in [0.2, 0.25) is 10.3 Å². The summed E-state index contributed by atoms with van der Waals surface area (Å²) in [5.41, 5.74) is 0.847. The molecule has 0 radical (unpaired) electrons. The third kappa shape index (κ3) is 3.45. The van der Waals surface area contributed by atoms with Gasteiger partial charge in [0.15, 0.2) is 0 Å². The first-order chi connectivity index (χ1) is 6.22. The van der Waals surface area contributed by atoms with E-state index in [1.807, 2.05) is 6.07 Å². The number of aromatic nitrogens is 1. The number of halogens is 2. The molecule has 66 valence electrons. The highest BCUT2D eigenvalue weighted by Crippen LogP contribution is 2.15. The average molecular weight is 213 g/mol. The van der Waals surface area contributed by atoms with E-state index in [4.69, 9.17) is 28.5 Å². The predicted octanol–water partition coefficient (Wildman–Crippen LogP) is 3.32. The molecule has 0 spiro atoms. The number of hydrogen-bond donors (Lipinski definition) is 0. The molecule has 13 heavy (non-hydrogen) atoms. The smallest absolute Gasteiger partial charge is 0.131 e. The lowest BCUT2D eigenvalue weighted by Gasteiger charge is -1.95. The fourth-order valence-electron chi connectivity index (χ4n) is 0.827. The van der Waals surface area contributed by atoms with Crippen LogP contribution in [0.15, 0.2) is 18.2 Å². The highest BCUT2D eigenvalue weighted by atomic mass is 35.5. The molecule has 0 bridgehead atoms. The Balaban J connectivity index is 2.84. The molecule has 1 rings (SSSR count). The Bertz CT molecular complexity index is 346. The summed E-state index contributed by atoms with van der Waals surface area (Å²) in [6.45, 7) is 0. The van der Waals surface area contributed by atoms with Crippen LogP contribution in [-0.4, -0.2) is 4.98 Å². The van der Waals surface area contributed by atoms with E-state index < -0.39 is 0 Å². The molecular formula is C9H6Cl2N2. The van der Waals surface area contributed by atoms with Gasteiger partial charge in [0.25, 0.3) is 0 Å². The standard InChI is InChI=1S/C9H6Cl2N2/c10-8-5-7(3-1-2-4-12)6-9(11)13-8/h1,3,5-6H,2H2. The van der Waals surface area contributed by atoms with Gasteiger partial charge in [0.05, 0.1) is 12.5 Å². The second-order valence-electron chi connectivity index (χ2n) is 2.31. The molecule has 0 atom stereocenters. The van der Waals surface area contributed by atoms with Crippen LogP contribution in [0.3, 0.4) is 0 Å². The van der Waals surface area contributed by atoms with E-state index in [9.17, 15) is 0 Å². The summed E-state index contributed by atoms with van der Waals surface area (Å²) in [7, 11) is 0. The van der Waals surface area contributed by atoms with Crippen molar-refractivity contribution in [2.24, 2.45) is 0 Å². The van der Waals surface area contributed by atoms with Crippen molar-refractivity contribution in [1.82, 2.24) is 4.98 Å². The average Bonchev–Trinajstić information content (AvgIpc) is 2.03. The summed E-state index contributed by atoms with van der Waals surface area (Å²) in [5.74, 6) is 0. The van der Waals surface area contributed by atoms with Crippen LogP contribution in [0.4, 0.5) is 0 Å². The minimum absolute atomic E-state index is 0.351. The molecule has 0 aliphatic rings. The van der Waals surface area contributed by atoms with Crippen LogP contribution >= 0.6 is 23.2 Å². The minimum Gasteiger partial charge on any atom is -0.224 e. The number of allylic oxidation sites excluding steroid dienone is 1. The van der Waals surface area contributed by atoms with E-state index in [1.165, 1.54) is 0 Å². The van der Waals surface area contributed by atoms with Crippen molar-refractivity contribution in [3.63, 3.8) is 0 Å². The molecule has 0 unspecified atom stereocenters.